The molecule has 0 saturated heterocycles. The lowest BCUT2D eigenvalue weighted by atomic mass is 9.84. The molecule has 0 atom stereocenters. The lowest BCUT2D eigenvalue weighted by Crippen LogP contribution is -1.93. The first-order valence-electron chi connectivity index (χ1n) is 19.4. The van der Waals surface area contributed by atoms with E-state index in [4.69, 9.17) is 0 Å². The normalized spacial score (nSPS) is 11.6. The summed E-state index contributed by atoms with van der Waals surface area (Å²) in [6.07, 6.45) is 0. The van der Waals surface area contributed by atoms with E-state index in [-0.39, 0.29) is 0 Å². The molecule has 0 spiro atoms. The summed E-state index contributed by atoms with van der Waals surface area (Å²) >= 11 is 0. The Morgan fingerprint density at radius 3 is 1.36 bits per heavy atom. The van der Waals surface area contributed by atoms with E-state index < -0.39 is 0 Å². The van der Waals surface area contributed by atoms with Crippen LogP contribution in [-0.4, -0.2) is 0 Å². The zero-order valence-corrected chi connectivity index (χ0v) is 30.8. The molecule has 0 bridgehead atoms. The maximum absolute atomic E-state index is 2.45. The van der Waals surface area contributed by atoms with Crippen molar-refractivity contribution in [3.05, 3.63) is 218 Å². The molecular weight excluding hydrogens is 673 g/mol. The summed E-state index contributed by atoms with van der Waals surface area (Å²) in [5.74, 6) is 0. The van der Waals surface area contributed by atoms with Crippen molar-refractivity contribution in [2.45, 2.75) is 0 Å². The largest absolute Gasteiger partial charge is 0.0622 e. The van der Waals surface area contributed by atoms with E-state index in [9.17, 15) is 0 Å². The van der Waals surface area contributed by atoms with Crippen molar-refractivity contribution < 1.29 is 0 Å². The first-order chi connectivity index (χ1) is 27.8. The third kappa shape index (κ3) is 5.30. The lowest BCUT2D eigenvalue weighted by Gasteiger charge is -2.20. The van der Waals surface area contributed by atoms with Gasteiger partial charge in [-0.05, 0) is 122 Å². The minimum atomic E-state index is 1.20. The summed E-state index contributed by atoms with van der Waals surface area (Å²) in [6.45, 7) is 0. The van der Waals surface area contributed by atoms with Crippen LogP contribution in [0.4, 0.5) is 0 Å². The highest BCUT2D eigenvalue weighted by atomic mass is 14.2. The van der Waals surface area contributed by atoms with Crippen molar-refractivity contribution in [2.75, 3.05) is 0 Å². The number of hydrogen-bond acceptors (Lipinski definition) is 0. The van der Waals surface area contributed by atoms with Gasteiger partial charge in [-0.25, -0.2) is 0 Å². The number of benzene rings is 11. The average molecular weight is 709 g/mol. The van der Waals surface area contributed by atoms with Crippen molar-refractivity contribution in [1.82, 2.24) is 0 Å². The fourth-order valence-corrected chi connectivity index (χ4v) is 9.02. The second kappa shape index (κ2) is 13.2. The Morgan fingerprint density at radius 1 is 0.179 bits per heavy atom. The van der Waals surface area contributed by atoms with Crippen molar-refractivity contribution in [3.63, 3.8) is 0 Å². The minimum absolute atomic E-state index is 1.20. The monoisotopic (exact) mass is 708 g/mol. The van der Waals surface area contributed by atoms with Crippen LogP contribution in [0, 0.1) is 0 Å². The van der Waals surface area contributed by atoms with Crippen LogP contribution >= 0.6 is 0 Å². The van der Waals surface area contributed by atoms with Crippen LogP contribution in [0.2, 0.25) is 0 Å². The number of rotatable bonds is 5. The summed E-state index contributed by atoms with van der Waals surface area (Å²) in [4.78, 5) is 0. The summed E-state index contributed by atoms with van der Waals surface area (Å²) in [5, 5.41) is 12.5. The highest BCUT2D eigenvalue weighted by Gasteiger charge is 2.19. The van der Waals surface area contributed by atoms with Gasteiger partial charge in [0.25, 0.3) is 0 Å². The molecule has 0 amide bonds. The summed E-state index contributed by atoms with van der Waals surface area (Å²) in [6, 6.07) is 80.4. The van der Waals surface area contributed by atoms with Gasteiger partial charge >= 0.3 is 0 Å². The van der Waals surface area contributed by atoms with Crippen LogP contribution in [0.5, 0.6) is 0 Å². The van der Waals surface area contributed by atoms with Crippen LogP contribution in [0.3, 0.4) is 0 Å². The Labute approximate surface area is 326 Å². The van der Waals surface area contributed by atoms with Gasteiger partial charge in [0.2, 0.25) is 0 Å². The Bertz CT molecular complexity index is 3220. The molecule has 11 aromatic rings. The second-order valence-electron chi connectivity index (χ2n) is 14.8. The van der Waals surface area contributed by atoms with E-state index in [1.165, 1.54) is 109 Å². The molecule has 0 fully saturated rings. The molecule has 11 rings (SSSR count). The predicted octanol–water partition coefficient (Wildman–Crippen LogP) is 15.8. The van der Waals surface area contributed by atoms with E-state index in [0.717, 1.165) is 0 Å². The van der Waals surface area contributed by atoms with Crippen molar-refractivity contribution in [2.24, 2.45) is 0 Å². The predicted molar refractivity (Wildman–Crippen MR) is 241 cm³/mol. The maximum Gasteiger partial charge on any atom is -0.00261 e. The first-order valence-corrected chi connectivity index (χ1v) is 19.4. The number of hydrogen-bond donors (Lipinski definition) is 0. The molecule has 0 saturated carbocycles. The zero-order chi connectivity index (χ0) is 37.0. The summed E-state index contributed by atoms with van der Waals surface area (Å²) in [5.41, 5.74) is 12.4. The molecular formula is C56H36. The lowest BCUT2D eigenvalue weighted by molar-refractivity contribution is 1.61. The quantitative estimate of drug-likeness (QED) is 0.156. The molecule has 0 heterocycles. The topological polar surface area (TPSA) is 0 Å². The smallest absolute Gasteiger partial charge is 0.00261 e. The molecule has 0 aromatic heterocycles. The maximum atomic E-state index is 2.45. The minimum Gasteiger partial charge on any atom is -0.0622 e. The van der Waals surface area contributed by atoms with Gasteiger partial charge in [0.15, 0.2) is 0 Å². The van der Waals surface area contributed by atoms with E-state index in [2.05, 4.69) is 218 Å². The number of fused-ring (bicyclic) bond motifs is 5. The molecule has 11 aromatic carbocycles. The van der Waals surface area contributed by atoms with Gasteiger partial charge in [0.05, 0.1) is 0 Å². The highest BCUT2D eigenvalue weighted by molar-refractivity contribution is 6.22. The molecule has 0 nitrogen and oxygen atoms in total. The molecule has 56 heavy (non-hydrogen) atoms. The zero-order valence-electron chi connectivity index (χ0n) is 30.8. The fraction of sp³-hybridized carbons (Fsp3) is 0. The standard InChI is InChI=1S/C56H36/c1-2-15-41(16-3-1)54-48-20-8-10-22-50(48)56(51-23-11-9-21-49(51)54)45-32-28-40-33-34-52(47-24-12-18-39-14-6-7-19-46(39)47)55(53(40)36-45)42-29-25-38(26-30-42)44-31-27-37-13-4-5-17-43(37)35-44/h1-36H. The van der Waals surface area contributed by atoms with Crippen LogP contribution in [0.1, 0.15) is 0 Å². The van der Waals surface area contributed by atoms with Gasteiger partial charge in [0, 0.05) is 0 Å². The molecule has 0 radical (unpaired) electrons. The van der Waals surface area contributed by atoms with Crippen molar-refractivity contribution in [3.8, 4) is 55.6 Å². The van der Waals surface area contributed by atoms with Crippen LogP contribution in [0.25, 0.3) is 109 Å². The van der Waals surface area contributed by atoms with Crippen LogP contribution < -0.4 is 0 Å². The summed E-state index contributed by atoms with van der Waals surface area (Å²) in [7, 11) is 0. The highest BCUT2D eigenvalue weighted by Crippen LogP contribution is 2.46. The molecule has 0 aliphatic carbocycles. The SMILES string of the molecule is c1ccc(-c2c3ccccc3c(-c3ccc4ccc(-c5cccc6ccccc56)c(-c5ccc(-c6ccc7ccccc7c6)cc5)c4c3)c3ccccc23)cc1. The van der Waals surface area contributed by atoms with Crippen molar-refractivity contribution >= 4 is 53.9 Å². The Kier molecular flexibility index (Phi) is 7.60. The average Bonchev–Trinajstić information content (AvgIpc) is 3.27. The Morgan fingerprint density at radius 2 is 0.643 bits per heavy atom. The van der Waals surface area contributed by atoms with Gasteiger partial charge in [-0.3, -0.25) is 0 Å². The molecule has 0 unspecified atom stereocenters. The van der Waals surface area contributed by atoms with Gasteiger partial charge < -0.3 is 0 Å². The van der Waals surface area contributed by atoms with E-state index >= 15 is 0 Å². The molecule has 0 heteroatoms. The Hall–Kier alpha value is -7.28. The van der Waals surface area contributed by atoms with Crippen molar-refractivity contribution in [1.29, 1.82) is 0 Å². The summed E-state index contributed by atoms with van der Waals surface area (Å²) < 4.78 is 0. The third-order valence-corrected chi connectivity index (χ3v) is 11.6. The van der Waals surface area contributed by atoms with Crippen LogP contribution in [0.15, 0.2) is 218 Å². The fourth-order valence-electron chi connectivity index (χ4n) is 9.02. The Balaban J connectivity index is 1.17. The molecule has 0 aliphatic heterocycles. The molecule has 260 valence electrons. The van der Waals surface area contributed by atoms with Crippen LogP contribution in [-0.2, 0) is 0 Å². The molecule has 0 aliphatic rings. The van der Waals surface area contributed by atoms with Gasteiger partial charge in [0.1, 0.15) is 0 Å². The van der Waals surface area contributed by atoms with E-state index in [1.54, 1.807) is 0 Å². The molecule has 0 N–H and O–H groups in total. The first kappa shape index (κ1) is 32.2. The van der Waals surface area contributed by atoms with Gasteiger partial charge in [-0.1, -0.05) is 206 Å². The third-order valence-electron chi connectivity index (χ3n) is 11.6. The van der Waals surface area contributed by atoms with E-state index in [0.29, 0.717) is 0 Å². The van der Waals surface area contributed by atoms with Gasteiger partial charge in [-0.2, -0.15) is 0 Å². The van der Waals surface area contributed by atoms with E-state index in [1.807, 2.05) is 0 Å². The second-order valence-corrected chi connectivity index (χ2v) is 14.8. The van der Waals surface area contributed by atoms with Gasteiger partial charge in [-0.15, -0.1) is 0 Å².